The first-order valence-electron chi connectivity index (χ1n) is 4.11. The van der Waals surface area contributed by atoms with Gasteiger partial charge < -0.3 is 4.90 Å². The van der Waals surface area contributed by atoms with Crippen molar-refractivity contribution in [2.75, 3.05) is 14.1 Å². The normalized spacial score (nSPS) is 10.1. The van der Waals surface area contributed by atoms with E-state index in [-0.39, 0.29) is 5.91 Å². The summed E-state index contributed by atoms with van der Waals surface area (Å²) >= 11 is 0. The Balaban J connectivity index is 2.52. The molecule has 0 radical (unpaired) electrons. The second kappa shape index (κ2) is 4.96. The molecule has 0 bridgehead atoms. The third kappa shape index (κ3) is 3.22. The van der Waals surface area contributed by atoms with Crippen LogP contribution in [-0.2, 0) is 0 Å². The predicted molar refractivity (Wildman–Crippen MR) is 53.9 cm³/mol. The van der Waals surface area contributed by atoms with Crippen LogP contribution >= 0.6 is 0 Å². The zero-order valence-electron chi connectivity index (χ0n) is 8.14. The lowest BCUT2D eigenvalue weighted by molar-refractivity contribution is 0.0950. The van der Waals surface area contributed by atoms with E-state index in [0.717, 1.165) is 0 Å². The first kappa shape index (κ1) is 10.2. The Bertz CT molecular complexity index is 321. The summed E-state index contributed by atoms with van der Waals surface area (Å²) < 4.78 is 0. The SMILES string of the molecule is CN(C)/C=N/NC(=O)c1ccccn1. The van der Waals surface area contributed by atoms with Gasteiger partial charge in [0.05, 0.1) is 0 Å². The molecule has 1 amide bonds. The average Bonchev–Trinajstić information content (AvgIpc) is 2.18. The van der Waals surface area contributed by atoms with Gasteiger partial charge in [-0.3, -0.25) is 9.78 Å². The molecule has 0 aliphatic rings. The Morgan fingerprint density at radius 3 is 2.93 bits per heavy atom. The van der Waals surface area contributed by atoms with E-state index in [1.54, 1.807) is 29.3 Å². The Morgan fingerprint density at radius 1 is 1.57 bits per heavy atom. The zero-order valence-corrected chi connectivity index (χ0v) is 8.14. The van der Waals surface area contributed by atoms with Crippen LogP contribution in [0.1, 0.15) is 10.5 Å². The topological polar surface area (TPSA) is 57.6 Å². The predicted octanol–water partition coefficient (Wildman–Crippen LogP) is 0.316. The smallest absolute Gasteiger partial charge is 0.289 e. The van der Waals surface area contributed by atoms with Gasteiger partial charge in [-0.2, -0.15) is 5.10 Å². The van der Waals surface area contributed by atoms with Crippen LogP contribution in [0.15, 0.2) is 29.5 Å². The summed E-state index contributed by atoms with van der Waals surface area (Å²) in [6, 6.07) is 5.12. The monoisotopic (exact) mass is 192 g/mol. The number of rotatable bonds is 3. The molecular formula is C9H12N4O. The van der Waals surface area contributed by atoms with Gasteiger partial charge in [0.25, 0.3) is 5.91 Å². The van der Waals surface area contributed by atoms with Gasteiger partial charge in [-0.25, -0.2) is 5.43 Å². The average molecular weight is 192 g/mol. The molecule has 0 aromatic carbocycles. The molecule has 0 atom stereocenters. The summed E-state index contributed by atoms with van der Waals surface area (Å²) in [6.07, 6.45) is 3.06. The van der Waals surface area contributed by atoms with Gasteiger partial charge in [-0.15, -0.1) is 0 Å². The van der Waals surface area contributed by atoms with E-state index >= 15 is 0 Å². The number of nitrogens with one attached hydrogen (secondary N) is 1. The van der Waals surface area contributed by atoms with Gasteiger partial charge in [-0.05, 0) is 12.1 Å². The van der Waals surface area contributed by atoms with Crippen molar-refractivity contribution in [1.29, 1.82) is 0 Å². The van der Waals surface area contributed by atoms with E-state index in [1.807, 2.05) is 14.1 Å². The molecular weight excluding hydrogens is 180 g/mol. The zero-order chi connectivity index (χ0) is 10.4. The van der Waals surface area contributed by atoms with Crippen molar-refractivity contribution < 1.29 is 4.79 Å². The number of hydrogen-bond donors (Lipinski definition) is 1. The van der Waals surface area contributed by atoms with E-state index < -0.39 is 0 Å². The van der Waals surface area contributed by atoms with Crippen LogP contribution in [0.5, 0.6) is 0 Å². The van der Waals surface area contributed by atoms with Gasteiger partial charge in [0.15, 0.2) is 0 Å². The molecule has 0 saturated carbocycles. The van der Waals surface area contributed by atoms with Crippen molar-refractivity contribution >= 4 is 12.2 Å². The Labute approximate surface area is 82.4 Å². The second-order valence-electron chi connectivity index (χ2n) is 2.86. The molecule has 0 spiro atoms. The van der Waals surface area contributed by atoms with Crippen LogP contribution in [0.3, 0.4) is 0 Å². The molecule has 1 aromatic rings. The summed E-state index contributed by atoms with van der Waals surface area (Å²) in [6.45, 7) is 0. The lowest BCUT2D eigenvalue weighted by Crippen LogP contribution is -2.21. The van der Waals surface area contributed by atoms with E-state index in [1.165, 1.54) is 6.34 Å². The lowest BCUT2D eigenvalue weighted by atomic mass is 10.3. The number of amides is 1. The van der Waals surface area contributed by atoms with Gasteiger partial charge in [0.1, 0.15) is 12.0 Å². The fraction of sp³-hybridized carbons (Fsp3) is 0.222. The van der Waals surface area contributed by atoms with E-state index in [4.69, 9.17) is 0 Å². The quantitative estimate of drug-likeness (QED) is 0.426. The molecule has 1 N–H and O–H groups in total. The van der Waals surface area contributed by atoms with E-state index in [0.29, 0.717) is 5.69 Å². The van der Waals surface area contributed by atoms with Gasteiger partial charge >= 0.3 is 0 Å². The maximum absolute atomic E-state index is 11.3. The highest BCUT2D eigenvalue weighted by atomic mass is 16.2. The summed E-state index contributed by atoms with van der Waals surface area (Å²) in [5.74, 6) is -0.316. The summed E-state index contributed by atoms with van der Waals surface area (Å²) in [4.78, 5) is 16.9. The number of aromatic nitrogens is 1. The fourth-order valence-corrected chi connectivity index (χ4v) is 0.757. The first-order chi connectivity index (χ1) is 6.70. The molecule has 0 saturated heterocycles. The molecule has 1 aromatic heterocycles. The van der Waals surface area contributed by atoms with Gasteiger partial charge in [0.2, 0.25) is 0 Å². The molecule has 5 nitrogen and oxygen atoms in total. The largest absolute Gasteiger partial charge is 0.367 e. The van der Waals surface area contributed by atoms with Crippen LogP contribution < -0.4 is 5.43 Å². The van der Waals surface area contributed by atoms with E-state index in [9.17, 15) is 4.79 Å². The van der Waals surface area contributed by atoms with Gasteiger partial charge in [0, 0.05) is 20.3 Å². The standard InChI is InChI=1S/C9H12N4O/c1-13(2)7-11-12-9(14)8-5-3-4-6-10-8/h3-7H,1-2H3,(H,12,14)/b11-7+. The summed E-state index contributed by atoms with van der Waals surface area (Å²) in [5.41, 5.74) is 2.71. The number of carbonyl (C=O) groups is 1. The molecule has 5 heteroatoms. The highest BCUT2D eigenvalue weighted by Crippen LogP contribution is 1.91. The van der Waals surface area contributed by atoms with Crippen LogP contribution in [-0.4, -0.2) is 36.2 Å². The fourth-order valence-electron chi connectivity index (χ4n) is 0.757. The number of pyridine rings is 1. The van der Waals surface area contributed by atoms with Crippen molar-refractivity contribution in [2.24, 2.45) is 5.10 Å². The molecule has 0 unspecified atom stereocenters. The van der Waals surface area contributed by atoms with Crippen molar-refractivity contribution in [2.45, 2.75) is 0 Å². The van der Waals surface area contributed by atoms with Gasteiger partial charge in [-0.1, -0.05) is 6.07 Å². The minimum atomic E-state index is -0.316. The molecule has 0 fully saturated rings. The third-order valence-electron chi connectivity index (χ3n) is 1.35. The molecule has 1 heterocycles. The maximum atomic E-state index is 11.3. The van der Waals surface area contributed by atoms with Crippen molar-refractivity contribution in [1.82, 2.24) is 15.3 Å². The minimum absolute atomic E-state index is 0.316. The number of hydrazone groups is 1. The second-order valence-corrected chi connectivity index (χ2v) is 2.86. The Kier molecular flexibility index (Phi) is 3.60. The van der Waals surface area contributed by atoms with E-state index in [2.05, 4.69) is 15.5 Å². The minimum Gasteiger partial charge on any atom is -0.367 e. The number of carbonyl (C=O) groups excluding carboxylic acids is 1. The Morgan fingerprint density at radius 2 is 2.36 bits per heavy atom. The maximum Gasteiger partial charge on any atom is 0.289 e. The summed E-state index contributed by atoms with van der Waals surface area (Å²) in [7, 11) is 3.63. The molecule has 0 aliphatic heterocycles. The number of nitrogens with zero attached hydrogens (tertiary/aromatic N) is 3. The Hall–Kier alpha value is -1.91. The molecule has 1 rings (SSSR count). The van der Waals surface area contributed by atoms with Crippen LogP contribution in [0.2, 0.25) is 0 Å². The molecule has 14 heavy (non-hydrogen) atoms. The number of hydrogen-bond acceptors (Lipinski definition) is 3. The van der Waals surface area contributed by atoms with Crippen LogP contribution in [0.4, 0.5) is 0 Å². The van der Waals surface area contributed by atoms with Crippen molar-refractivity contribution in [3.8, 4) is 0 Å². The highest BCUT2D eigenvalue weighted by molar-refractivity contribution is 5.92. The molecule has 74 valence electrons. The first-order valence-corrected chi connectivity index (χ1v) is 4.11. The van der Waals surface area contributed by atoms with Crippen LogP contribution in [0.25, 0.3) is 0 Å². The van der Waals surface area contributed by atoms with Crippen molar-refractivity contribution in [3.63, 3.8) is 0 Å². The summed E-state index contributed by atoms with van der Waals surface area (Å²) in [5, 5.41) is 3.71. The third-order valence-corrected chi connectivity index (χ3v) is 1.35. The highest BCUT2D eigenvalue weighted by Gasteiger charge is 2.02. The van der Waals surface area contributed by atoms with Crippen molar-refractivity contribution in [3.05, 3.63) is 30.1 Å². The molecule has 0 aliphatic carbocycles. The van der Waals surface area contributed by atoms with Crippen LogP contribution in [0, 0.1) is 0 Å². The lowest BCUT2D eigenvalue weighted by Gasteiger charge is -2.02.